The number of nitrogens with two attached hydrogens (primary N) is 1. The van der Waals surface area contributed by atoms with Crippen molar-refractivity contribution < 1.29 is 9.50 Å². The predicted molar refractivity (Wildman–Crippen MR) is 71.6 cm³/mol. The lowest BCUT2D eigenvalue weighted by atomic mass is 10.1. The Balaban J connectivity index is 2.46. The molecule has 0 saturated carbocycles. The van der Waals surface area contributed by atoms with E-state index in [0.717, 1.165) is 25.8 Å². The molecule has 102 valence electrons. The van der Waals surface area contributed by atoms with Gasteiger partial charge in [0.05, 0.1) is 0 Å². The van der Waals surface area contributed by atoms with Crippen molar-refractivity contribution in [2.24, 2.45) is 5.73 Å². The minimum absolute atomic E-state index is 0.179. The number of rotatable bonds is 8. The molecular weight excluding hydrogens is 231 g/mol. The lowest BCUT2D eigenvalue weighted by Crippen LogP contribution is -2.20. The number of unbranched alkanes of at least 4 members (excludes halogenated alkanes) is 2. The van der Waals surface area contributed by atoms with Gasteiger partial charge in [-0.15, -0.1) is 0 Å². The lowest BCUT2D eigenvalue weighted by Gasteiger charge is -2.17. The van der Waals surface area contributed by atoms with E-state index < -0.39 is 0 Å². The van der Waals surface area contributed by atoms with E-state index in [2.05, 4.69) is 4.90 Å². The summed E-state index contributed by atoms with van der Waals surface area (Å²) in [6.45, 7) is 1.99. The molecule has 0 bridgehead atoms. The van der Waals surface area contributed by atoms with Gasteiger partial charge >= 0.3 is 0 Å². The van der Waals surface area contributed by atoms with Crippen molar-refractivity contribution in [2.45, 2.75) is 32.4 Å². The highest BCUT2D eigenvalue weighted by Crippen LogP contribution is 2.14. The smallest absolute Gasteiger partial charge is 0.132 e. The number of nitrogens with zero attached hydrogens (tertiary/aromatic N) is 1. The summed E-state index contributed by atoms with van der Waals surface area (Å²) in [7, 11) is 1.98. The number of aliphatic hydroxyl groups is 1. The molecule has 1 aromatic rings. The van der Waals surface area contributed by atoms with Crippen LogP contribution in [0.1, 0.15) is 30.4 Å². The van der Waals surface area contributed by atoms with E-state index in [-0.39, 0.29) is 19.0 Å². The quantitative estimate of drug-likeness (QED) is 0.696. The molecule has 18 heavy (non-hydrogen) atoms. The van der Waals surface area contributed by atoms with Crippen molar-refractivity contribution >= 4 is 0 Å². The van der Waals surface area contributed by atoms with E-state index >= 15 is 0 Å². The Kier molecular flexibility index (Phi) is 6.86. The summed E-state index contributed by atoms with van der Waals surface area (Å²) >= 11 is 0. The zero-order valence-electron chi connectivity index (χ0n) is 11.0. The molecule has 0 fully saturated rings. The van der Waals surface area contributed by atoms with E-state index in [4.69, 9.17) is 10.8 Å². The van der Waals surface area contributed by atoms with Gasteiger partial charge in [-0.25, -0.2) is 4.39 Å². The van der Waals surface area contributed by atoms with Crippen LogP contribution in [0.4, 0.5) is 4.39 Å². The number of hydrogen-bond donors (Lipinski definition) is 2. The molecular formula is C14H23FN2O. The summed E-state index contributed by atoms with van der Waals surface area (Å²) in [6.07, 6.45) is 2.87. The maximum Gasteiger partial charge on any atom is 0.132 e. The molecule has 3 N–H and O–H groups in total. The van der Waals surface area contributed by atoms with Gasteiger partial charge in [-0.2, -0.15) is 0 Å². The average Bonchev–Trinajstić information content (AvgIpc) is 2.37. The van der Waals surface area contributed by atoms with Crippen molar-refractivity contribution in [3.63, 3.8) is 0 Å². The van der Waals surface area contributed by atoms with Crippen LogP contribution in [0.5, 0.6) is 0 Å². The van der Waals surface area contributed by atoms with Gasteiger partial charge in [0.2, 0.25) is 0 Å². The summed E-state index contributed by atoms with van der Waals surface area (Å²) in [6, 6.07) is 5.37. The highest BCUT2D eigenvalue weighted by Gasteiger charge is 2.08. The Labute approximate surface area is 108 Å². The van der Waals surface area contributed by atoms with Crippen LogP contribution in [-0.4, -0.2) is 30.2 Å². The van der Waals surface area contributed by atoms with Gasteiger partial charge in [0.1, 0.15) is 5.82 Å². The summed E-state index contributed by atoms with van der Waals surface area (Å²) in [5, 5.41) is 8.69. The summed E-state index contributed by atoms with van der Waals surface area (Å²) in [5.41, 5.74) is 6.75. The fourth-order valence-corrected chi connectivity index (χ4v) is 1.95. The molecule has 0 amide bonds. The van der Waals surface area contributed by atoms with E-state index in [1.165, 1.54) is 0 Å². The van der Waals surface area contributed by atoms with Crippen LogP contribution in [0.25, 0.3) is 0 Å². The molecule has 0 aliphatic carbocycles. The molecule has 0 aliphatic heterocycles. The summed E-state index contributed by atoms with van der Waals surface area (Å²) in [5.74, 6) is -0.179. The number of hydrogen-bond acceptors (Lipinski definition) is 3. The molecule has 1 rings (SSSR count). The second-order valence-electron chi connectivity index (χ2n) is 4.62. The number of halogens is 1. The zero-order chi connectivity index (χ0) is 13.4. The van der Waals surface area contributed by atoms with Gasteiger partial charge in [-0.05, 0) is 32.9 Å². The van der Waals surface area contributed by atoms with Gasteiger partial charge in [0.25, 0.3) is 0 Å². The SMILES string of the molecule is CN(CCCCCO)Cc1cccc(CN)c1F. The first-order valence-electron chi connectivity index (χ1n) is 6.44. The molecule has 4 heteroatoms. The van der Waals surface area contributed by atoms with Crippen molar-refractivity contribution in [1.82, 2.24) is 4.90 Å². The maximum absolute atomic E-state index is 13.9. The normalized spacial score (nSPS) is 11.2. The Morgan fingerprint density at radius 3 is 2.61 bits per heavy atom. The summed E-state index contributed by atoms with van der Waals surface area (Å²) in [4.78, 5) is 2.09. The van der Waals surface area contributed by atoms with Crippen LogP contribution in [0, 0.1) is 5.82 Å². The van der Waals surface area contributed by atoms with E-state index in [1.807, 2.05) is 13.1 Å². The predicted octanol–water partition coefficient (Wildman–Crippen LogP) is 1.88. The Hall–Kier alpha value is -0.970. The Morgan fingerprint density at radius 2 is 1.94 bits per heavy atom. The van der Waals surface area contributed by atoms with Crippen LogP contribution in [0.15, 0.2) is 18.2 Å². The first-order valence-corrected chi connectivity index (χ1v) is 6.44. The van der Waals surface area contributed by atoms with Crippen molar-refractivity contribution in [1.29, 1.82) is 0 Å². The van der Waals surface area contributed by atoms with E-state index in [1.54, 1.807) is 12.1 Å². The average molecular weight is 254 g/mol. The maximum atomic E-state index is 13.9. The van der Waals surface area contributed by atoms with Gasteiger partial charge in [0.15, 0.2) is 0 Å². The van der Waals surface area contributed by atoms with Crippen LogP contribution in [-0.2, 0) is 13.1 Å². The van der Waals surface area contributed by atoms with Gasteiger partial charge < -0.3 is 15.7 Å². The molecule has 0 aromatic heterocycles. The number of aliphatic hydroxyl groups excluding tert-OH is 1. The molecule has 1 aromatic carbocycles. The first-order chi connectivity index (χ1) is 8.69. The molecule has 0 radical (unpaired) electrons. The molecule has 0 atom stereocenters. The monoisotopic (exact) mass is 254 g/mol. The van der Waals surface area contributed by atoms with Gasteiger partial charge in [-0.3, -0.25) is 0 Å². The molecule has 0 aliphatic rings. The van der Waals surface area contributed by atoms with E-state index in [9.17, 15) is 4.39 Å². The van der Waals surface area contributed by atoms with Crippen LogP contribution >= 0.6 is 0 Å². The fourth-order valence-electron chi connectivity index (χ4n) is 1.95. The van der Waals surface area contributed by atoms with Crippen molar-refractivity contribution in [3.05, 3.63) is 35.1 Å². The first kappa shape index (κ1) is 15.1. The largest absolute Gasteiger partial charge is 0.396 e. The third kappa shape index (κ3) is 4.72. The third-order valence-corrected chi connectivity index (χ3v) is 3.02. The molecule has 0 unspecified atom stereocenters. The van der Waals surface area contributed by atoms with Crippen LogP contribution < -0.4 is 5.73 Å². The standard InChI is InChI=1S/C14H23FN2O/c1-17(8-3-2-4-9-18)11-13-7-5-6-12(10-16)14(13)15/h5-7,18H,2-4,8-11,16H2,1H3. The second kappa shape index (κ2) is 8.19. The Bertz CT molecular complexity index is 358. The lowest BCUT2D eigenvalue weighted by molar-refractivity contribution is 0.270. The molecule has 0 spiro atoms. The minimum Gasteiger partial charge on any atom is -0.396 e. The molecule has 0 saturated heterocycles. The second-order valence-corrected chi connectivity index (χ2v) is 4.62. The zero-order valence-corrected chi connectivity index (χ0v) is 11.0. The van der Waals surface area contributed by atoms with Crippen LogP contribution in [0.3, 0.4) is 0 Å². The van der Waals surface area contributed by atoms with Gasteiger partial charge in [-0.1, -0.05) is 18.2 Å². The highest BCUT2D eigenvalue weighted by molar-refractivity contribution is 5.25. The number of benzene rings is 1. The molecule has 3 nitrogen and oxygen atoms in total. The van der Waals surface area contributed by atoms with Crippen LogP contribution in [0.2, 0.25) is 0 Å². The van der Waals surface area contributed by atoms with Gasteiger partial charge in [0, 0.05) is 30.8 Å². The topological polar surface area (TPSA) is 49.5 Å². The van der Waals surface area contributed by atoms with Crippen molar-refractivity contribution in [2.75, 3.05) is 20.2 Å². The molecule has 0 heterocycles. The summed E-state index contributed by atoms with van der Waals surface area (Å²) < 4.78 is 13.9. The Morgan fingerprint density at radius 1 is 1.22 bits per heavy atom. The third-order valence-electron chi connectivity index (χ3n) is 3.02. The fraction of sp³-hybridized carbons (Fsp3) is 0.571. The highest BCUT2D eigenvalue weighted by atomic mass is 19.1. The van der Waals surface area contributed by atoms with Crippen molar-refractivity contribution in [3.8, 4) is 0 Å². The minimum atomic E-state index is -0.179. The van der Waals surface area contributed by atoms with E-state index in [0.29, 0.717) is 17.7 Å².